The molecule has 1 aromatic rings. The number of carbonyl (C=O) groups is 1. The quantitative estimate of drug-likeness (QED) is 0.884. The number of amides is 1. The number of aromatic nitrogens is 1. The third-order valence-electron chi connectivity index (χ3n) is 3.15. The van der Waals surface area contributed by atoms with Crippen molar-refractivity contribution in [1.29, 1.82) is 0 Å². The molecule has 0 unspecified atom stereocenters. The highest BCUT2D eigenvalue weighted by Crippen LogP contribution is 2.28. The van der Waals surface area contributed by atoms with Crippen molar-refractivity contribution < 1.29 is 4.79 Å². The molecule has 0 aliphatic heterocycles. The number of hydrogen-bond donors (Lipinski definition) is 2. The van der Waals surface area contributed by atoms with E-state index in [1.165, 1.54) is 0 Å². The van der Waals surface area contributed by atoms with E-state index in [-0.39, 0.29) is 23.9 Å². The predicted molar refractivity (Wildman–Crippen MR) is 70.8 cm³/mol. The van der Waals surface area contributed by atoms with Crippen molar-refractivity contribution in [2.75, 3.05) is 6.54 Å². The Morgan fingerprint density at radius 1 is 1.65 bits per heavy atom. The Morgan fingerprint density at radius 2 is 2.29 bits per heavy atom. The minimum absolute atomic E-state index is 0. The molecule has 0 bridgehead atoms. The van der Waals surface area contributed by atoms with Crippen LogP contribution in [0.25, 0.3) is 0 Å². The average Bonchev–Trinajstić information content (AvgIpc) is 2.51. The highest BCUT2D eigenvalue weighted by molar-refractivity contribution is 6.31. The van der Waals surface area contributed by atoms with E-state index in [1.54, 1.807) is 23.9 Å². The second-order valence-electron chi connectivity index (χ2n) is 4.55. The third-order valence-corrected chi connectivity index (χ3v) is 3.36. The number of hydrogen-bond acceptors (Lipinski definition) is 2. The first kappa shape index (κ1) is 14.4. The predicted octanol–water partition coefficient (Wildman–Crippen LogP) is 1.71. The maximum atomic E-state index is 11.8. The molecule has 1 aliphatic carbocycles. The maximum absolute atomic E-state index is 11.8. The van der Waals surface area contributed by atoms with Gasteiger partial charge in [-0.25, -0.2) is 0 Å². The average molecular weight is 278 g/mol. The molecule has 4 nitrogen and oxygen atoms in total. The molecule has 96 valence electrons. The summed E-state index contributed by atoms with van der Waals surface area (Å²) in [4.78, 5) is 11.8. The Labute approximate surface area is 112 Å². The second kappa shape index (κ2) is 5.29. The molecule has 1 saturated carbocycles. The first-order chi connectivity index (χ1) is 7.50. The van der Waals surface area contributed by atoms with Crippen LogP contribution in [0.15, 0.2) is 12.3 Å². The fourth-order valence-corrected chi connectivity index (χ4v) is 2.15. The topological polar surface area (TPSA) is 60.0 Å². The van der Waals surface area contributed by atoms with Gasteiger partial charge in [-0.1, -0.05) is 11.6 Å². The van der Waals surface area contributed by atoms with Crippen LogP contribution in [0.1, 0.15) is 29.8 Å². The van der Waals surface area contributed by atoms with Gasteiger partial charge in [0.2, 0.25) is 0 Å². The molecule has 1 amide bonds. The molecule has 17 heavy (non-hydrogen) atoms. The van der Waals surface area contributed by atoms with Gasteiger partial charge in [-0.2, -0.15) is 0 Å². The van der Waals surface area contributed by atoms with Crippen LogP contribution in [-0.4, -0.2) is 22.6 Å². The number of halogens is 2. The number of nitrogens with two attached hydrogens (primary N) is 1. The molecule has 0 atom stereocenters. The Kier molecular flexibility index (Phi) is 4.47. The van der Waals surface area contributed by atoms with E-state index in [0.717, 1.165) is 19.3 Å². The van der Waals surface area contributed by atoms with Crippen LogP contribution in [0, 0.1) is 0 Å². The highest BCUT2D eigenvalue weighted by Gasteiger charge is 2.32. The zero-order chi connectivity index (χ0) is 11.8. The zero-order valence-electron chi connectivity index (χ0n) is 9.70. The molecule has 0 spiro atoms. The van der Waals surface area contributed by atoms with Crippen LogP contribution in [0.5, 0.6) is 0 Å². The summed E-state index contributed by atoms with van der Waals surface area (Å²) in [5, 5.41) is 3.42. The van der Waals surface area contributed by atoms with Gasteiger partial charge < -0.3 is 15.6 Å². The smallest absolute Gasteiger partial charge is 0.268 e. The highest BCUT2D eigenvalue weighted by atomic mass is 35.5. The lowest BCUT2D eigenvalue weighted by molar-refractivity contribution is 0.0921. The van der Waals surface area contributed by atoms with Gasteiger partial charge in [0.15, 0.2) is 0 Å². The molecule has 1 heterocycles. The number of rotatable bonds is 3. The molecule has 0 saturated heterocycles. The molecule has 2 rings (SSSR count). The Hall–Kier alpha value is -0.710. The van der Waals surface area contributed by atoms with Crippen molar-refractivity contribution in [3.8, 4) is 0 Å². The fraction of sp³-hybridized carbons (Fsp3) is 0.545. The maximum Gasteiger partial charge on any atom is 0.268 e. The van der Waals surface area contributed by atoms with Crippen molar-refractivity contribution in [3.63, 3.8) is 0 Å². The van der Waals surface area contributed by atoms with Gasteiger partial charge in [0.25, 0.3) is 5.91 Å². The Morgan fingerprint density at radius 3 is 2.71 bits per heavy atom. The number of nitrogens with one attached hydrogen (secondary N) is 1. The van der Waals surface area contributed by atoms with Gasteiger partial charge in [0.1, 0.15) is 5.69 Å². The molecule has 1 aliphatic rings. The number of carbonyl (C=O) groups excluding carboxylic acids is 1. The molecular weight excluding hydrogens is 261 g/mol. The van der Waals surface area contributed by atoms with Gasteiger partial charge in [-0.3, -0.25) is 4.79 Å². The summed E-state index contributed by atoms with van der Waals surface area (Å²) in [7, 11) is 1.79. The van der Waals surface area contributed by atoms with E-state index in [2.05, 4.69) is 5.32 Å². The largest absolute Gasteiger partial charge is 0.349 e. The second-order valence-corrected chi connectivity index (χ2v) is 4.99. The third kappa shape index (κ3) is 3.15. The Balaban J connectivity index is 0.00000144. The normalized spacial score (nSPS) is 16.9. The minimum atomic E-state index is -0.190. The summed E-state index contributed by atoms with van der Waals surface area (Å²) in [6.45, 7) is 0.536. The van der Waals surface area contributed by atoms with Crippen LogP contribution in [-0.2, 0) is 7.05 Å². The summed E-state index contributed by atoms with van der Waals surface area (Å²) in [5.74, 6) is -0.119. The van der Waals surface area contributed by atoms with Crippen molar-refractivity contribution in [3.05, 3.63) is 23.0 Å². The number of aryl methyl sites for hydroxylation is 1. The lowest BCUT2D eigenvalue weighted by atomic mass is 9.78. The summed E-state index contributed by atoms with van der Waals surface area (Å²) >= 11 is 5.81. The van der Waals surface area contributed by atoms with Gasteiger partial charge in [0.05, 0.1) is 5.02 Å². The van der Waals surface area contributed by atoms with Crippen LogP contribution >= 0.6 is 24.0 Å². The molecule has 6 heteroatoms. The fourth-order valence-electron chi connectivity index (χ4n) is 1.90. The summed E-state index contributed by atoms with van der Waals surface area (Å²) in [6, 6.07) is 1.65. The molecule has 0 aromatic carbocycles. The lowest BCUT2D eigenvalue weighted by Crippen LogP contribution is -2.55. The zero-order valence-corrected chi connectivity index (χ0v) is 11.3. The SMILES string of the molecule is Cl.Cn1cc(Cl)cc1C(=O)NCC1(N)CCC1. The van der Waals surface area contributed by atoms with Crippen LogP contribution in [0.4, 0.5) is 0 Å². The molecular formula is C11H17Cl2N3O. The van der Waals surface area contributed by atoms with Crippen molar-refractivity contribution in [2.45, 2.75) is 24.8 Å². The van der Waals surface area contributed by atoms with E-state index in [0.29, 0.717) is 17.3 Å². The lowest BCUT2D eigenvalue weighted by Gasteiger charge is -2.38. The van der Waals surface area contributed by atoms with E-state index in [4.69, 9.17) is 17.3 Å². The van der Waals surface area contributed by atoms with Gasteiger partial charge >= 0.3 is 0 Å². The van der Waals surface area contributed by atoms with Crippen LogP contribution < -0.4 is 11.1 Å². The minimum Gasteiger partial charge on any atom is -0.349 e. The summed E-state index contributed by atoms with van der Waals surface area (Å²) < 4.78 is 1.71. The van der Waals surface area contributed by atoms with Crippen molar-refractivity contribution in [1.82, 2.24) is 9.88 Å². The molecule has 1 fully saturated rings. The first-order valence-corrected chi connectivity index (χ1v) is 5.77. The standard InChI is InChI=1S/C11H16ClN3O.ClH/c1-15-6-8(12)5-9(15)10(16)14-7-11(13)3-2-4-11;/h5-6H,2-4,7,13H2,1H3,(H,14,16);1H. The van der Waals surface area contributed by atoms with Gasteiger partial charge in [-0.15, -0.1) is 12.4 Å². The molecule has 3 N–H and O–H groups in total. The van der Waals surface area contributed by atoms with Crippen molar-refractivity contribution >= 4 is 29.9 Å². The van der Waals surface area contributed by atoms with E-state index < -0.39 is 0 Å². The van der Waals surface area contributed by atoms with Crippen LogP contribution in [0.3, 0.4) is 0 Å². The molecule has 1 aromatic heterocycles. The van der Waals surface area contributed by atoms with E-state index >= 15 is 0 Å². The van der Waals surface area contributed by atoms with Crippen LogP contribution in [0.2, 0.25) is 5.02 Å². The summed E-state index contributed by atoms with van der Waals surface area (Å²) in [6.07, 6.45) is 4.84. The van der Waals surface area contributed by atoms with E-state index in [9.17, 15) is 4.79 Å². The summed E-state index contributed by atoms with van der Waals surface area (Å²) in [5.41, 5.74) is 6.40. The van der Waals surface area contributed by atoms with E-state index in [1.807, 2.05) is 0 Å². The number of nitrogens with zero attached hydrogens (tertiary/aromatic N) is 1. The Bertz CT molecular complexity index is 413. The van der Waals surface area contributed by atoms with Crippen molar-refractivity contribution in [2.24, 2.45) is 12.8 Å². The van der Waals surface area contributed by atoms with Gasteiger partial charge in [-0.05, 0) is 25.3 Å². The van der Waals surface area contributed by atoms with Gasteiger partial charge in [0, 0.05) is 25.3 Å². The first-order valence-electron chi connectivity index (χ1n) is 5.39. The molecule has 0 radical (unpaired) electrons. The monoisotopic (exact) mass is 277 g/mol.